The lowest BCUT2D eigenvalue weighted by Gasteiger charge is -2.13. The van der Waals surface area contributed by atoms with Gasteiger partial charge in [0, 0.05) is 38.6 Å². The summed E-state index contributed by atoms with van der Waals surface area (Å²) in [5, 5.41) is 2.22. The molecule has 3 heterocycles. The van der Waals surface area contributed by atoms with Gasteiger partial charge in [-0.25, -0.2) is 4.98 Å². The summed E-state index contributed by atoms with van der Waals surface area (Å²) in [4.78, 5) is 5.05. The van der Waals surface area contributed by atoms with Crippen molar-refractivity contribution in [2.45, 2.75) is 0 Å². The van der Waals surface area contributed by atoms with Gasteiger partial charge in [0.25, 0.3) is 0 Å². The van der Waals surface area contributed by atoms with Crippen LogP contribution in [0.25, 0.3) is 77.8 Å². The van der Waals surface area contributed by atoms with Crippen LogP contribution >= 0.6 is 0 Å². The van der Waals surface area contributed by atoms with Gasteiger partial charge >= 0.3 is 0 Å². The molecule has 46 heavy (non-hydrogen) atoms. The molecule has 1 aliphatic heterocycles. The fourth-order valence-corrected chi connectivity index (χ4v) is 6.42. The van der Waals surface area contributed by atoms with Crippen molar-refractivity contribution in [3.63, 3.8) is 0 Å². The van der Waals surface area contributed by atoms with Crippen molar-refractivity contribution in [2.24, 2.45) is 0 Å². The normalized spacial score (nSPS) is 12.2. The van der Waals surface area contributed by atoms with Gasteiger partial charge in [-0.05, 0) is 59.2 Å². The molecule has 0 unspecified atom stereocenters. The highest BCUT2D eigenvalue weighted by molar-refractivity contribution is 6.09. The van der Waals surface area contributed by atoms with Gasteiger partial charge in [-0.15, -0.1) is 0 Å². The molecule has 0 N–H and O–H groups in total. The lowest BCUT2D eigenvalue weighted by atomic mass is 9.94. The number of fused-ring (bicyclic) bond motifs is 6. The number of ether oxygens (including phenoxy) is 2. The van der Waals surface area contributed by atoms with Crippen LogP contribution < -0.4 is 9.47 Å². The minimum atomic E-state index is 0.128. The van der Waals surface area contributed by atoms with Crippen molar-refractivity contribution < 1.29 is 13.9 Å². The first-order chi connectivity index (χ1) is 22.8. The van der Waals surface area contributed by atoms with Crippen LogP contribution in [0.2, 0.25) is 0 Å². The fourth-order valence-electron chi connectivity index (χ4n) is 6.42. The van der Waals surface area contributed by atoms with Gasteiger partial charge in [0.2, 0.25) is 6.79 Å². The van der Waals surface area contributed by atoms with Gasteiger partial charge < -0.3 is 13.9 Å². The third-order valence-electron chi connectivity index (χ3n) is 8.69. The van der Waals surface area contributed by atoms with E-state index in [1.54, 1.807) is 0 Å². The molecule has 0 radical (unpaired) electrons. The first kappa shape index (κ1) is 26.3. The minimum Gasteiger partial charge on any atom is -0.457 e. The van der Waals surface area contributed by atoms with E-state index in [0.717, 1.165) is 89.3 Å². The number of benzene rings is 6. The average Bonchev–Trinajstić information content (AvgIpc) is 3.41. The summed E-state index contributed by atoms with van der Waals surface area (Å²) in [5.41, 5.74) is 11.9. The summed E-state index contributed by atoms with van der Waals surface area (Å²) < 4.78 is 18.7. The van der Waals surface area contributed by atoms with Gasteiger partial charge in [-0.1, -0.05) is 109 Å². The van der Waals surface area contributed by atoms with Gasteiger partial charge in [0.05, 0.1) is 11.4 Å². The molecule has 0 aliphatic carbocycles. The van der Waals surface area contributed by atoms with Crippen molar-refractivity contribution in [1.82, 2.24) is 4.98 Å². The highest BCUT2D eigenvalue weighted by Gasteiger charge is 2.20. The number of nitrogens with zero attached hydrogens (tertiary/aromatic N) is 1. The number of hydrogen-bond donors (Lipinski definition) is 0. The molecular weight excluding hydrogens is 566 g/mol. The summed E-state index contributed by atoms with van der Waals surface area (Å²) >= 11 is 0. The third kappa shape index (κ3) is 4.51. The Morgan fingerprint density at radius 1 is 0.413 bits per heavy atom. The van der Waals surface area contributed by atoms with Crippen LogP contribution in [0.4, 0.5) is 0 Å². The quantitative estimate of drug-likeness (QED) is 0.204. The van der Waals surface area contributed by atoms with E-state index in [-0.39, 0.29) is 6.79 Å². The molecule has 0 saturated heterocycles. The summed E-state index contributed by atoms with van der Waals surface area (Å²) in [6.07, 6.45) is 0. The summed E-state index contributed by atoms with van der Waals surface area (Å²) in [7, 11) is 0. The molecule has 9 rings (SSSR count). The zero-order valence-electron chi connectivity index (χ0n) is 24.8. The average molecular weight is 594 g/mol. The summed E-state index contributed by atoms with van der Waals surface area (Å²) in [6.45, 7) is 0.128. The van der Waals surface area contributed by atoms with Crippen molar-refractivity contribution in [3.05, 3.63) is 152 Å². The van der Waals surface area contributed by atoms with Crippen molar-refractivity contribution in [2.75, 3.05) is 6.79 Å². The molecule has 0 spiro atoms. The second kappa shape index (κ2) is 10.8. The number of para-hydroxylation sites is 2. The minimum absolute atomic E-state index is 0.128. The topological polar surface area (TPSA) is 44.5 Å². The first-order valence-corrected chi connectivity index (χ1v) is 15.4. The van der Waals surface area contributed by atoms with Gasteiger partial charge in [-0.2, -0.15) is 0 Å². The molecule has 4 heteroatoms. The second-order valence-corrected chi connectivity index (χ2v) is 11.5. The molecule has 0 amide bonds. The predicted octanol–water partition coefficient (Wildman–Crippen LogP) is 11.0. The maximum absolute atomic E-state index is 6.36. The van der Waals surface area contributed by atoms with E-state index in [9.17, 15) is 0 Å². The molecule has 4 nitrogen and oxygen atoms in total. The SMILES string of the molecule is c1ccc(-c2cc(-c3ccc4c(c3)OCOc3ccc(-c5cccc6c5oc5ccccc56)cc3-4)cc(-c3ccccc3)n2)cc1. The highest BCUT2D eigenvalue weighted by atomic mass is 16.7. The molecular formula is C42H27NO3. The number of pyridine rings is 1. The largest absolute Gasteiger partial charge is 0.457 e. The maximum atomic E-state index is 6.36. The van der Waals surface area contributed by atoms with Gasteiger partial charge in [0.15, 0.2) is 0 Å². The van der Waals surface area contributed by atoms with E-state index in [1.165, 1.54) is 0 Å². The van der Waals surface area contributed by atoms with E-state index in [1.807, 2.05) is 60.7 Å². The molecule has 0 atom stereocenters. The maximum Gasteiger partial charge on any atom is 0.230 e. The fraction of sp³-hybridized carbons (Fsp3) is 0.0238. The standard InChI is InChI=1S/C42H27NO3/c1-3-10-27(11-4-1)37-23-31(24-38(43-37)28-12-5-2-6-13-28)29-18-20-34-36-22-30(19-21-39(36)44-26-45-41(34)25-29)32-15-9-16-35-33-14-7-8-17-40(33)46-42(32)35/h1-25H,26H2. The molecule has 2 aromatic heterocycles. The van der Waals surface area contributed by atoms with Crippen molar-refractivity contribution >= 4 is 21.9 Å². The third-order valence-corrected chi connectivity index (χ3v) is 8.69. The Kier molecular flexibility index (Phi) is 6.17. The number of rotatable bonds is 4. The first-order valence-electron chi connectivity index (χ1n) is 15.4. The number of hydrogen-bond acceptors (Lipinski definition) is 4. The van der Waals surface area contributed by atoms with Crippen LogP contribution in [0.5, 0.6) is 11.5 Å². The van der Waals surface area contributed by atoms with E-state index >= 15 is 0 Å². The van der Waals surface area contributed by atoms with E-state index < -0.39 is 0 Å². The Labute approximate surface area is 266 Å². The molecule has 8 aromatic rings. The number of aromatic nitrogens is 1. The van der Waals surface area contributed by atoms with E-state index in [2.05, 4.69) is 91.0 Å². The monoisotopic (exact) mass is 593 g/mol. The number of furan rings is 1. The Bertz CT molecular complexity index is 2340. The van der Waals surface area contributed by atoms with Crippen LogP contribution in [0.3, 0.4) is 0 Å². The molecule has 0 saturated carbocycles. The molecule has 0 fully saturated rings. The lowest BCUT2D eigenvalue weighted by Crippen LogP contribution is -2.03. The zero-order valence-corrected chi connectivity index (χ0v) is 24.8. The van der Waals surface area contributed by atoms with Crippen molar-refractivity contribution in [3.8, 4) is 67.4 Å². The smallest absolute Gasteiger partial charge is 0.230 e. The lowest BCUT2D eigenvalue weighted by molar-refractivity contribution is 0.125. The van der Waals surface area contributed by atoms with Crippen LogP contribution in [0.15, 0.2) is 156 Å². The van der Waals surface area contributed by atoms with Crippen LogP contribution in [0, 0.1) is 0 Å². The van der Waals surface area contributed by atoms with Crippen LogP contribution in [-0.4, -0.2) is 11.8 Å². The van der Waals surface area contributed by atoms with Gasteiger partial charge in [0.1, 0.15) is 22.7 Å². The highest BCUT2D eigenvalue weighted by Crippen LogP contribution is 2.44. The Morgan fingerprint density at radius 3 is 1.87 bits per heavy atom. The molecule has 1 aliphatic rings. The van der Waals surface area contributed by atoms with Gasteiger partial charge in [-0.3, -0.25) is 0 Å². The van der Waals surface area contributed by atoms with Crippen LogP contribution in [0.1, 0.15) is 0 Å². The Hall–Kier alpha value is -6.13. The van der Waals surface area contributed by atoms with E-state index in [4.69, 9.17) is 18.9 Å². The second-order valence-electron chi connectivity index (χ2n) is 11.5. The molecule has 218 valence electrons. The molecule has 0 bridgehead atoms. The molecule has 6 aromatic carbocycles. The van der Waals surface area contributed by atoms with Crippen molar-refractivity contribution in [1.29, 1.82) is 0 Å². The summed E-state index contributed by atoms with van der Waals surface area (Å²) in [5.74, 6) is 1.56. The zero-order chi connectivity index (χ0) is 30.5. The van der Waals surface area contributed by atoms with E-state index in [0.29, 0.717) is 0 Å². The Morgan fingerprint density at radius 2 is 1.09 bits per heavy atom. The summed E-state index contributed by atoms with van der Waals surface area (Å²) in [6, 6.07) is 52.1. The Balaban J connectivity index is 1.16. The van der Waals surface area contributed by atoms with Crippen LogP contribution in [-0.2, 0) is 0 Å². The predicted molar refractivity (Wildman–Crippen MR) is 185 cm³/mol.